The van der Waals surface area contributed by atoms with Crippen LogP contribution in [0.4, 0.5) is 4.39 Å². The molecule has 0 aromatic carbocycles. The summed E-state index contributed by atoms with van der Waals surface area (Å²) in [6, 6.07) is 0.794. The van der Waals surface area contributed by atoms with Gasteiger partial charge in [-0.1, -0.05) is 6.92 Å². The second-order valence-corrected chi connectivity index (χ2v) is 6.24. The molecule has 0 aliphatic carbocycles. The Kier molecular flexibility index (Phi) is 4.66. The first-order chi connectivity index (χ1) is 7.91. The Balaban J connectivity index is 0.00000162. The minimum atomic E-state index is -3.68. The maximum absolute atomic E-state index is 13.0. The molecule has 0 saturated carbocycles. The van der Waals surface area contributed by atoms with Crippen LogP contribution < -0.4 is 5.73 Å². The SMILES string of the molecule is CC1CN(S(=O)(=O)c2cncc(F)c2)CC1N.Cl. The molecule has 1 aromatic rings. The fraction of sp³-hybridized carbons (Fsp3) is 0.500. The lowest BCUT2D eigenvalue weighted by atomic mass is 10.1. The predicted molar refractivity (Wildman–Crippen MR) is 67.3 cm³/mol. The highest BCUT2D eigenvalue weighted by Crippen LogP contribution is 2.23. The molecule has 0 radical (unpaired) electrons. The largest absolute Gasteiger partial charge is 0.326 e. The summed E-state index contributed by atoms with van der Waals surface area (Å²) in [5.74, 6) is -0.561. The van der Waals surface area contributed by atoms with Gasteiger partial charge in [0.25, 0.3) is 0 Å². The number of nitrogens with two attached hydrogens (primary N) is 1. The van der Waals surface area contributed by atoms with Crippen LogP contribution in [-0.2, 0) is 10.0 Å². The smallest absolute Gasteiger partial charge is 0.244 e. The zero-order chi connectivity index (χ0) is 12.6. The first-order valence-electron chi connectivity index (χ1n) is 5.27. The number of sulfonamides is 1. The van der Waals surface area contributed by atoms with Crippen molar-refractivity contribution in [2.24, 2.45) is 11.7 Å². The van der Waals surface area contributed by atoms with E-state index in [0.29, 0.717) is 6.54 Å². The number of aromatic nitrogens is 1. The van der Waals surface area contributed by atoms with E-state index in [9.17, 15) is 12.8 Å². The molecular formula is C10H15ClFN3O2S. The Bertz CT molecular complexity index is 516. The van der Waals surface area contributed by atoms with Crippen LogP contribution in [0, 0.1) is 11.7 Å². The van der Waals surface area contributed by atoms with Crippen molar-refractivity contribution in [1.29, 1.82) is 0 Å². The molecule has 18 heavy (non-hydrogen) atoms. The minimum Gasteiger partial charge on any atom is -0.326 e. The molecule has 1 aliphatic heterocycles. The number of pyridine rings is 1. The fourth-order valence-electron chi connectivity index (χ4n) is 1.82. The van der Waals surface area contributed by atoms with Crippen molar-refractivity contribution in [2.45, 2.75) is 17.9 Å². The molecule has 0 bridgehead atoms. The Morgan fingerprint density at radius 2 is 2.11 bits per heavy atom. The molecule has 1 aliphatic rings. The number of hydrogen-bond acceptors (Lipinski definition) is 4. The molecule has 0 amide bonds. The molecule has 1 fully saturated rings. The quantitative estimate of drug-likeness (QED) is 0.867. The third kappa shape index (κ3) is 2.80. The van der Waals surface area contributed by atoms with Gasteiger partial charge in [0, 0.05) is 25.3 Å². The Morgan fingerprint density at radius 1 is 1.44 bits per heavy atom. The van der Waals surface area contributed by atoms with Crippen molar-refractivity contribution in [3.63, 3.8) is 0 Å². The van der Waals surface area contributed by atoms with E-state index in [4.69, 9.17) is 5.73 Å². The first-order valence-corrected chi connectivity index (χ1v) is 6.71. The molecule has 5 nitrogen and oxygen atoms in total. The Morgan fingerprint density at radius 3 is 2.61 bits per heavy atom. The number of hydrogen-bond donors (Lipinski definition) is 1. The van der Waals surface area contributed by atoms with Crippen LogP contribution >= 0.6 is 12.4 Å². The number of rotatable bonds is 2. The van der Waals surface area contributed by atoms with Gasteiger partial charge in [0.2, 0.25) is 10.0 Å². The van der Waals surface area contributed by atoms with Gasteiger partial charge in [-0.2, -0.15) is 4.31 Å². The summed E-state index contributed by atoms with van der Waals surface area (Å²) >= 11 is 0. The Labute approximate surface area is 112 Å². The lowest BCUT2D eigenvalue weighted by molar-refractivity contribution is 0.463. The molecule has 2 heterocycles. The zero-order valence-electron chi connectivity index (χ0n) is 9.78. The predicted octanol–water partition coefficient (Wildman–Crippen LogP) is 0.610. The van der Waals surface area contributed by atoms with Gasteiger partial charge in [0.1, 0.15) is 10.7 Å². The topological polar surface area (TPSA) is 76.3 Å². The van der Waals surface area contributed by atoms with E-state index in [1.165, 1.54) is 4.31 Å². The normalized spacial score (nSPS) is 24.8. The van der Waals surface area contributed by atoms with Crippen LogP contribution in [0.3, 0.4) is 0 Å². The molecule has 2 rings (SSSR count). The van der Waals surface area contributed by atoms with Crippen molar-refractivity contribution < 1.29 is 12.8 Å². The number of halogens is 2. The second-order valence-electron chi connectivity index (χ2n) is 4.30. The van der Waals surface area contributed by atoms with Crippen molar-refractivity contribution in [1.82, 2.24) is 9.29 Å². The summed E-state index contributed by atoms with van der Waals surface area (Å²) in [5.41, 5.74) is 5.78. The van der Waals surface area contributed by atoms with E-state index >= 15 is 0 Å². The van der Waals surface area contributed by atoms with Gasteiger partial charge in [0.05, 0.1) is 6.20 Å². The fourth-order valence-corrected chi connectivity index (χ4v) is 3.38. The van der Waals surface area contributed by atoms with Crippen LogP contribution in [0.1, 0.15) is 6.92 Å². The van der Waals surface area contributed by atoms with Gasteiger partial charge in [-0.25, -0.2) is 12.8 Å². The maximum Gasteiger partial charge on any atom is 0.244 e. The highest BCUT2D eigenvalue weighted by atomic mass is 35.5. The van der Waals surface area contributed by atoms with Gasteiger partial charge in [0.15, 0.2) is 0 Å². The van der Waals surface area contributed by atoms with Gasteiger partial charge in [-0.15, -0.1) is 12.4 Å². The van der Waals surface area contributed by atoms with E-state index in [-0.39, 0.29) is 35.8 Å². The van der Waals surface area contributed by atoms with Crippen LogP contribution in [-0.4, -0.2) is 36.8 Å². The molecule has 1 aromatic heterocycles. The summed E-state index contributed by atoms with van der Waals surface area (Å²) in [6.45, 7) is 2.52. The lowest BCUT2D eigenvalue weighted by Crippen LogP contribution is -2.32. The zero-order valence-corrected chi connectivity index (χ0v) is 11.4. The van der Waals surface area contributed by atoms with E-state index < -0.39 is 15.8 Å². The van der Waals surface area contributed by atoms with Crippen LogP contribution in [0.15, 0.2) is 23.4 Å². The highest BCUT2D eigenvalue weighted by molar-refractivity contribution is 7.89. The number of nitrogens with zero attached hydrogens (tertiary/aromatic N) is 2. The van der Waals surface area contributed by atoms with E-state index in [1.807, 2.05) is 6.92 Å². The van der Waals surface area contributed by atoms with Crippen molar-refractivity contribution in [3.8, 4) is 0 Å². The molecule has 2 atom stereocenters. The lowest BCUT2D eigenvalue weighted by Gasteiger charge is -2.15. The first kappa shape index (κ1) is 15.3. The van der Waals surface area contributed by atoms with Crippen LogP contribution in [0.5, 0.6) is 0 Å². The molecular weight excluding hydrogens is 281 g/mol. The molecule has 2 unspecified atom stereocenters. The maximum atomic E-state index is 13.0. The van der Waals surface area contributed by atoms with E-state index in [0.717, 1.165) is 18.5 Å². The third-order valence-electron chi connectivity index (χ3n) is 2.95. The van der Waals surface area contributed by atoms with E-state index in [1.54, 1.807) is 0 Å². The summed E-state index contributed by atoms with van der Waals surface area (Å²) in [5, 5.41) is 0. The Hall–Kier alpha value is -0.760. The standard InChI is InChI=1S/C10H14FN3O2S.ClH/c1-7-5-14(6-10(7)12)17(15,16)9-2-8(11)3-13-4-9;/h2-4,7,10H,5-6,12H2,1H3;1H. The monoisotopic (exact) mass is 295 g/mol. The van der Waals surface area contributed by atoms with Crippen LogP contribution in [0.2, 0.25) is 0 Å². The summed E-state index contributed by atoms with van der Waals surface area (Å²) < 4.78 is 38.5. The van der Waals surface area contributed by atoms with Crippen molar-refractivity contribution in [3.05, 3.63) is 24.3 Å². The highest BCUT2D eigenvalue weighted by Gasteiger charge is 2.35. The van der Waals surface area contributed by atoms with Crippen molar-refractivity contribution >= 4 is 22.4 Å². The molecule has 8 heteroatoms. The second kappa shape index (κ2) is 5.48. The summed E-state index contributed by atoms with van der Waals surface area (Å²) in [4.78, 5) is 3.42. The van der Waals surface area contributed by atoms with Crippen molar-refractivity contribution in [2.75, 3.05) is 13.1 Å². The van der Waals surface area contributed by atoms with E-state index in [2.05, 4.69) is 4.98 Å². The average Bonchev–Trinajstić information content (AvgIpc) is 2.60. The van der Waals surface area contributed by atoms with Gasteiger partial charge in [-0.05, 0) is 12.0 Å². The molecule has 2 N–H and O–H groups in total. The van der Waals surface area contributed by atoms with Gasteiger partial charge < -0.3 is 5.73 Å². The van der Waals surface area contributed by atoms with Gasteiger partial charge in [-0.3, -0.25) is 4.98 Å². The average molecular weight is 296 g/mol. The molecule has 102 valence electrons. The minimum absolute atomic E-state index is 0. The summed E-state index contributed by atoms with van der Waals surface area (Å²) in [7, 11) is -3.68. The third-order valence-corrected chi connectivity index (χ3v) is 4.75. The molecule has 0 spiro atoms. The molecule has 1 saturated heterocycles. The van der Waals surface area contributed by atoms with Crippen LogP contribution in [0.25, 0.3) is 0 Å². The summed E-state index contributed by atoms with van der Waals surface area (Å²) in [6.07, 6.45) is 2.12. The van der Waals surface area contributed by atoms with Gasteiger partial charge >= 0.3 is 0 Å².